The lowest BCUT2D eigenvalue weighted by Crippen LogP contribution is -2.24. The molecule has 110 valence electrons. The van der Waals surface area contributed by atoms with Gasteiger partial charge in [-0.25, -0.2) is 0 Å². The molecule has 0 aliphatic rings. The molecule has 0 saturated carbocycles. The number of unbranched alkanes of at least 4 members (excludes halogenated alkanes) is 3. The Morgan fingerprint density at radius 2 is 2.11 bits per heavy atom. The molecule has 0 amide bonds. The second-order valence-electron chi connectivity index (χ2n) is 5.22. The van der Waals surface area contributed by atoms with Gasteiger partial charge in [0.15, 0.2) is 0 Å². The Labute approximate surface area is 122 Å². The first-order valence-electron chi connectivity index (χ1n) is 7.62. The summed E-state index contributed by atoms with van der Waals surface area (Å²) in [6.07, 6.45) is 6.90. The molecule has 0 aliphatic carbocycles. The van der Waals surface area contributed by atoms with Gasteiger partial charge in [-0.3, -0.25) is 0 Å². The molecule has 1 aromatic heterocycles. The van der Waals surface area contributed by atoms with Crippen molar-refractivity contribution in [1.82, 2.24) is 5.32 Å². The van der Waals surface area contributed by atoms with E-state index in [1.165, 1.54) is 37.0 Å². The van der Waals surface area contributed by atoms with Gasteiger partial charge in [-0.15, -0.1) is 11.3 Å². The molecule has 0 aliphatic heterocycles. The van der Waals surface area contributed by atoms with Crippen LogP contribution in [0.15, 0.2) is 17.5 Å². The van der Waals surface area contributed by atoms with E-state index in [4.69, 9.17) is 4.74 Å². The molecule has 2 unspecified atom stereocenters. The number of thiophene rings is 1. The lowest BCUT2D eigenvalue weighted by molar-refractivity contribution is 0.0594. The predicted octanol–water partition coefficient (Wildman–Crippen LogP) is 4.77. The highest BCUT2D eigenvalue weighted by Crippen LogP contribution is 2.17. The van der Waals surface area contributed by atoms with Gasteiger partial charge in [0, 0.05) is 17.5 Å². The van der Waals surface area contributed by atoms with Gasteiger partial charge in [-0.1, -0.05) is 38.7 Å². The third-order valence-corrected chi connectivity index (χ3v) is 4.44. The first-order valence-corrected chi connectivity index (χ1v) is 8.50. The fourth-order valence-corrected chi connectivity index (χ4v) is 2.87. The van der Waals surface area contributed by atoms with Gasteiger partial charge in [-0.2, -0.15) is 0 Å². The Morgan fingerprint density at radius 3 is 2.79 bits per heavy atom. The van der Waals surface area contributed by atoms with Crippen LogP contribution < -0.4 is 5.32 Å². The molecule has 0 bridgehead atoms. The Kier molecular flexibility index (Phi) is 9.14. The lowest BCUT2D eigenvalue weighted by atomic mass is 10.1. The monoisotopic (exact) mass is 283 g/mol. The Bertz CT molecular complexity index is 300. The zero-order chi connectivity index (χ0) is 13.9. The number of rotatable bonds is 11. The van der Waals surface area contributed by atoms with Crippen LogP contribution in [-0.2, 0) is 4.74 Å². The maximum Gasteiger partial charge on any atom is 0.0594 e. The smallest absolute Gasteiger partial charge is 0.0594 e. The minimum atomic E-state index is 0.399. The van der Waals surface area contributed by atoms with Crippen molar-refractivity contribution in [3.63, 3.8) is 0 Å². The van der Waals surface area contributed by atoms with Gasteiger partial charge in [0.05, 0.1) is 12.7 Å². The van der Waals surface area contributed by atoms with Gasteiger partial charge in [0.1, 0.15) is 0 Å². The van der Waals surface area contributed by atoms with Crippen molar-refractivity contribution >= 4 is 11.3 Å². The van der Waals surface area contributed by atoms with Crippen LogP contribution in [0.1, 0.15) is 63.8 Å². The molecule has 19 heavy (non-hydrogen) atoms. The summed E-state index contributed by atoms with van der Waals surface area (Å²) in [5, 5.41) is 5.63. The van der Waals surface area contributed by atoms with Crippen LogP contribution in [0.5, 0.6) is 0 Å². The fourth-order valence-electron chi connectivity index (χ4n) is 2.12. The van der Waals surface area contributed by atoms with Gasteiger partial charge in [0.2, 0.25) is 0 Å². The molecule has 1 N–H and O–H groups in total. The third-order valence-electron chi connectivity index (χ3n) is 3.39. The number of hydrogen-bond acceptors (Lipinski definition) is 3. The molecular weight excluding hydrogens is 254 g/mol. The summed E-state index contributed by atoms with van der Waals surface area (Å²) in [6.45, 7) is 8.39. The molecular formula is C16H29NOS. The Balaban J connectivity index is 1.98. The van der Waals surface area contributed by atoms with Crippen LogP contribution in [0.3, 0.4) is 0 Å². The predicted molar refractivity (Wildman–Crippen MR) is 84.9 cm³/mol. The average Bonchev–Trinajstić information content (AvgIpc) is 2.93. The highest BCUT2D eigenvalue weighted by molar-refractivity contribution is 7.10. The molecule has 2 atom stereocenters. The Hall–Kier alpha value is -0.380. The van der Waals surface area contributed by atoms with Gasteiger partial charge >= 0.3 is 0 Å². The van der Waals surface area contributed by atoms with E-state index in [-0.39, 0.29) is 0 Å². The summed E-state index contributed by atoms with van der Waals surface area (Å²) < 4.78 is 5.83. The van der Waals surface area contributed by atoms with E-state index < -0.39 is 0 Å². The molecule has 0 spiro atoms. The van der Waals surface area contributed by atoms with Crippen LogP contribution in [0, 0.1) is 0 Å². The number of hydrogen-bond donors (Lipinski definition) is 1. The maximum absolute atomic E-state index is 5.83. The highest BCUT2D eigenvalue weighted by Gasteiger charge is 2.06. The summed E-state index contributed by atoms with van der Waals surface area (Å²) >= 11 is 1.81. The van der Waals surface area contributed by atoms with E-state index >= 15 is 0 Å². The van der Waals surface area contributed by atoms with Crippen molar-refractivity contribution in [2.45, 2.75) is 65.0 Å². The minimum absolute atomic E-state index is 0.399. The quantitative estimate of drug-likeness (QED) is 0.590. The number of ether oxygens (including phenoxy) is 1. The van der Waals surface area contributed by atoms with E-state index in [1.807, 2.05) is 11.3 Å². The molecule has 0 saturated heterocycles. The zero-order valence-corrected chi connectivity index (χ0v) is 13.5. The second-order valence-corrected chi connectivity index (χ2v) is 6.20. The van der Waals surface area contributed by atoms with Crippen LogP contribution in [-0.4, -0.2) is 19.3 Å². The summed E-state index contributed by atoms with van der Waals surface area (Å²) in [5.74, 6) is 0. The zero-order valence-electron chi connectivity index (χ0n) is 12.7. The molecule has 1 aromatic rings. The molecule has 0 aromatic carbocycles. The van der Waals surface area contributed by atoms with E-state index in [2.05, 4.69) is 43.6 Å². The molecule has 0 fully saturated rings. The van der Waals surface area contributed by atoms with Gasteiger partial charge < -0.3 is 10.1 Å². The second kappa shape index (κ2) is 10.4. The third kappa shape index (κ3) is 7.71. The van der Waals surface area contributed by atoms with Crippen LogP contribution in [0.2, 0.25) is 0 Å². The van der Waals surface area contributed by atoms with Crippen molar-refractivity contribution in [2.75, 3.05) is 13.2 Å². The summed E-state index contributed by atoms with van der Waals surface area (Å²) in [5.41, 5.74) is 0. The fraction of sp³-hybridized carbons (Fsp3) is 0.750. The van der Waals surface area contributed by atoms with E-state index in [9.17, 15) is 0 Å². The largest absolute Gasteiger partial charge is 0.377 e. The SMILES string of the molecule is CCCCCCC(C)OCCNC(C)c1cccs1. The maximum atomic E-state index is 5.83. The van der Waals surface area contributed by atoms with Gasteiger partial charge in [-0.05, 0) is 31.7 Å². The van der Waals surface area contributed by atoms with Crippen molar-refractivity contribution < 1.29 is 4.74 Å². The van der Waals surface area contributed by atoms with E-state index in [0.717, 1.165) is 13.2 Å². The normalized spacial score (nSPS) is 14.5. The average molecular weight is 283 g/mol. The molecule has 1 heterocycles. The lowest BCUT2D eigenvalue weighted by Gasteiger charge is -2.15. The summed E-state index contributed by atoms with van der Waals surface area (Å²) in [4.78, 5) is 1.40. The molecule has 2 nitrogen and oxygen atoms in total. The molecule has 0 radical (unpaired) electrons. The van der Waals surface area contributed by atoms with Crippen LogP contribution in [0.4, 0.5) is 0 Å². The van der Waals surface area contributed by atoms with E-state index in [1.54, 1.807) is 0 Å². The minimum Gasteiger partial charge on any atom is -0.377 e. The van der Waals surface area contributed by atoms with Crippen molar-refractivity contribution in [3.05, 3.63) is 22.4 Å². The van der Waals surface area contributed by atoms with Crippen LogP contribution in [0.25, 0.3) is 0 Å². The van der Waals surface area contributed by atoms with Crippen LogP contribution >= 0.6 is 11.3 Å². The van der Waals surface area contributed by atoms with Crippen molar-refractivity contribution in [1.29, 1.82) is 0 Å². The van der Waals surface area contributed by atoms with Crippen molar-refractivity contribution in [3.8, 4) is 0 Å². The highest BCUT2D eigenvalue weighted by atomic mass is 32.1. The first-order chi connectivity index (χ1) is 9.24. The molecule has 1 rings (SSSR count). The summed E-state index contributed by atoms with van der Waals surface area (Å²) in [7, 11) is 0. The van der Waals surface area contributed by atoms with E-state index in [0.29, 0.717) is 12.1 Å². The number of nitrogens with one attached hydrogen (secondary N) is 1. The summed E-state index contributed by atoms with van der Waals surface area (Å²) in [6, 6.07) is 4.72. The first kappa shape index (κ1) is 16.7. The molecule has 3 heteroatoms. The topological polar surface area (TPSA) is 21.3 Å². The standard InChI is InChI=1S/C16H29NOS/c1-4-5-6-7-9-14(2)18-12-11-17-15(3)16-10-8-13-19-16/h8,10,13-15,17H,4-7,9,11-12H2,1-3H3. The van der Waals surface area contributed by atoms with Gasteiger partial charge in [0.25, 0.3) is 0 Å². The Morgan fingerprint density at radius 1 is 1.26 bits per heavy atom. The van der Waals surface area contributed by atoms with Crippen molar-refractivity contribution in [2.24, 2.45) is 0 Å².